The summed E-state index contributed by atoms with van der Waals surface area (Å²) < 4.78 is 11.2. The Labute approximate surface area is 158 Å². The summed E-state index contributed by atoms with van der Waals surface area (Å²) in [5.74, 6) is 0.624. The van der Waals surface area contributed by atoms with Crippen molar-refractivity contribution in [3.05, 3.63) is 29.8 Å². The van der Waals surface area contributed by atoms with Gasteiger partial charge in [0.25, 0.3) is 5.91 Å². The van der Waals surface area contributed by atoms with Crippen LogP contribution in [-0.2, 0) is 14.9 Å². The molecule has 0 radical (unpaired) electrons. The summed E-state index contributed by atoms with van der Waals surface area (Å²) >= 11 is 0. The number of carbonyl (C=O) groups is 1. The molecule has 1 aliphatic rings. The largest absolute Gasteiger partial charge is 0.481 e. The summed E-state index contributed by atoms with van der Waals surface area (Å²) in [7, 11) is 0. The van der Waals surface area contributed by atoms with Gasteiger partial charge >= 0.3 is 0 Å². The number of morpholine rings is 1. The summed E-state index contributed by atoms with van der Waals surface area (Å²) in [6.45, 7) is 16.5. The normalized spacial score (nSPS) is 17.6. The fourth-order valence-corrected chi connectivity index (χ4v) is 3.02. The molecule has 1 aromatic rings. The predicted molar refractivity (Wildman–Crippen MR) is 105 cm³/mol. The summed E-state index contributed by atoms with van der Waals surface area (Å²) in [5.41, 5.74) is 1.24. The summed E-state index contributed by atoms with van der Waals surface area (Å²) in [4.78, 5) is 14.8. The van der Waals surface area contributed by atoms with E-state index in [4.69, 9.17) is 9.47 Å². The minimum atomic E-state index is -0.532. The monoisotopic (exact) mass is 362 g/mol. The van der Waals surface area contributed by atoms with Crippen molar-refractivity contribution in [1.29, 1.82) is 0 Å². The smallest absolute Gasteiger partial charge is 0.260 e. The summed E-state index contributed by atoms with van der Waals surface area (Å²) in [5, 5.41) is 3.03. The Morgan fingerprint density at radius 3 is 2.27 bits per heavy atom. The Hall–Kier alpha value is -1.59. The van der Waals surface area contributed by atoms with Crippen LogP contribution in [0.15, 0.2) is 24.3 Å². The van der Waals surface area contributed by atoms with Crippen molar-refractivity contribution < 1.29 is 14.3 Å². The Morgan fingerprint density at radius 1 is 1.15 bits per heavy atom. The van der Waals surface area contributed by atoms with Crippen molar-refractivity contribution in [2.24, 2.45) is 0 Å². The molecule has 0 aliphatic carbocycles. The number of hydrogen-bond donors (Lipinski definition) is 1. The highest BCUT2D eigenvalue weighted by Gasteiger charge is 2.29. The van der Waals surface area contributed by atoms with E-state index in [-0.39, 0.29) is 16.9 Å². The van der Waals surface area contributed by atoms with Gasteiger partial charge in [-0.3, -0.25) is 9.69 Å². The van der Waals surface area contributed by atoms with Crippen LogP contribution in [0.1, 0.15) is 47.1 Å². The van der Waals surface area contributed by atoms with Crippen molar-refractivity contribution in [2.75, 3.05) is 32.8 Å². The second kappa shape index (κ2) is 8.40. The lowest BCUT2D eigenvalue weighted by Gasteiger charge is -2.41. The molecule has 1 atom stereocenters. The quantitative estimate of drug-likeness (QED) is 0.845. The molecule has 1 unspecified atom stereocenters. The Balaban J connectivity index is 1.85. The fraction of sp³-hybridized carbons (Fsp3) is 0.667. The van der Waals surface area contributed by atoms with Crippen LogP contribution < -0.4 is 10.1 Å². The molecule has 1 fully saturated rings. The first kappa shape index (κ1) is 20.7. The van der Waals surface area contributed by atoms with E-state index >= 15 is 0 Å². The van der Waals surface area contributed by atoms with Crippen LogP contribution in [0.3, 0.4) is 0 Å². The zero-order valence-corrected chi connectivity index (χ0v) is 17.1. The lowest BCUT2D eigenvalue weighted by atomic mass is 9.87. The van der Waals surface area contributed by atoms with Gasteiger partial charge in [-0.15, -0.1) is 0 Å². The molecule has 0 spiro atoms. The molecule has 1 aliphatic heterocycles. The number of hydrogen-bond acceptors (Lipinski definition) is 4. The van der Waals surface area contributed by atoms with Crippen LogP contribution >= 0.6 is 0 Å². The molecule has 0 aromatic heterocycles. The molecule has 1 heterocycles. The standard InChI is InChI=1S/C21H34N2O3/c1-16(26-18-9-7-17(8-10-18)20(2,3)4)19(24)22-15-21(5,6)23-11-13-25-14-12-23/h7-10,16H,11-15H2,1-6H3,(H,22,24). The first-order valence-corrected chi connectivity index (χ1v) is 9.47. The highest BCUT2D eigenvalue weighted by molar-refractivity contribution is 5.80. The second-order valence-corrected chi connectivity index (χ2v) is 8.66. The van der Waals surface area contributed by atoms with Gasteiger partial charge in [-0.2, -0.15) is 0 Å². The van der Waals surface area contributed by atoms with Crippen LogP contribution in [0.4, 0.5) is 0 Å². The lowest BCUT2D eigenvalue weighted by Crippen LogP contribution is -2.56. The maximum absolute atomic E-state index is 12.4. The number of amides is 1. The Kier molecular flexibility index (Phi) is 6.69. The third-order valence-corrected chi connectivity index (χ3v) is 4.96. The zero-order chi connectivity index (χ0) is 19.4. The Morgan fingerprint density at radius 2 is 1.73 bits per heavy atom. The maximum atomic E-state index is 12.4. The average molecular weight is 363 g/mol. The number of benzene rings is 1. The molecule has 5 nitrogen and oxygen atoms in total. The van der Waals surface area contributed by atoms with E-state index in [2.05, 4.69) is 57.0 Å². The van der Waals surface area contributed by atoms with E-state index in [0.717, 1.165) is 26.3 Å². The molecule has 1 N–H and O–H groups in total. The molecule has 1 amide bonds. The van der Waals surface area contributed by atoms with Gasteiger partial charge < -0.3 is 14.8 Å². The molecular formula is C21H34N2O3. The third-order valence-electron chi connectivity index (χ3n) is 4.96. The molecule has 2 rings (SSSR count). The van der Waals surface area contributed by atoms with Crippen LogP contribution in [0.2, 0.25) is 0 Å². The minimum Gasteiger partial charge on any atom is -0.481 e. The van der Waals surface area contributed by atoms with Gasteiger partial charge in [0.2, 0.25) is 0 Å². The Bertz CT molecular complexity index is 584. The zero-order valence-electron chi connectivity index (χ0n) is 17.1. The fourth-order valence-electron chi connectivity index (χ4n) is 3.02. The number of nitrogens with zero attached hydrogens (tertiary/aromatic N) is 1. The van der Waals surface area contributed by atoms with E-state index in [1.165, 1.54) is 5.56 Å². The van der Waals surface area contributed by atoms with Crippen molar-refractivity contribution in [3.63, 3.8) is 0 Å². The second-order valence-electron chi connectivity index (χ2n) is 8.66. The molecule has 5 heteroatoms. The molecular weight excluding hydrogens is 328 g/mol. The van der Waals surface area contributed by atoms with Crippen molar-refractivity contribution in [1.82, 2.24) is 10.2 Å². The van der Waals surface area contributed by atoms with Gasteiger partial charge in [0.05, 0.1) is 13.2 Å². The van der Waals surface area contributed by atoms with Gasteiger partial charge in [-0.1, -0.05) is 32.9 Å². The molecule has 0 bridgehead atoms. The summed E-state index contributed by atoms with van der Waals surface area (Å²) in [6.07, 6.45) is -0.532. The van der Waals surface area contributed by atoms with E-state index < -0.39 is 6.10 Å². The number of ether oxygens (including phenoxy) is 2. The molecule has 1 saturated heterocycles. The SMILES string of the molecule is CC(Oc1ccc(C(C)(C)C)cc1)C(=O)NCC(C)(C)N1CCOCC1. The molecule has 0 saturated carbocycles. The first-order chi connectivity index (χ1) is 12.1. The summed E-state index contributed by atoms with van der Waals surface area (Å²) in [6, 6.07) is 7.98. The molecule has 26 heavy (non-hydrogen) atoms. The van der Waals surface area contributed by atoms with E-state index in [1.807, 2.05) is 12.1 Å². The number of carbonyl (C=O) groups excluding carboxylic acids is 1. The topological polar surface area (TPSA) is 50.8 Å². The van der Waals surface area contributed by atoms with E-state index in [0.29, 0.717) is 12.3 Å². The van der Waals surface area contributed by atoms with Gasteiger partial charge in [-0.25, -0.2) is 0 Å². The molecule has 1 aromatic carbocycles. The van der Waals surface area contributed by atoms with Crippen molar-refractivity contribution in [3.8, 4) is 5.75 Å². The van der Waals surface area contributed by atoms with Crippen molar-refractivity contribution in [2.45, 2.75) is 58.6 Å². The van der Waals surface area contributed by atoms with Gasteiger partial charge in [0.1, 0.15) is 5.75 Å². The van der Waals surface area contributed by atoms with Crippen LogP contribution in [0.25, 0.3) is 0 Å². The minimum absolute atomic E-state index is 0.0915. The number of nitrogens with one attached hydrogen (secondary N) is 1. The van der Waals surface area contributed by atoms with E-state index in [9.17, 15) is 4.79 Å². The van der Waals surface area contributed by atoms with Gasteiger partial charge in [0.15, 0.2) is 6.10 Å². The highest BCUT2D eigenvalue weighted by Crippen LogP contribution is 2.24. The maximum Gasteiger partial charge on any atom is 0.260 e. The molecule has 146 valence electrons. The predicted octanol–water partition coefficient (Wildman–Crippen LogP) is 2.98. The highest BCUT2D eigenvalue weighted by atomic mass is 16.5. The van der Waals surface area contributed by atoms with Gasteiger partial charge in [0, 0.05) is 25.2 Å². The third kappa shape index (κ3) is 5.71. The lowest BCUT2D eigenvalue weighted by molar-refractivity contribution is -0.128. The van der Waals surface area contributed by atoms with Crippen LogP contribution in [-0.4, -0.2) is 55.3 Å². The first-order valence-electron chi connectivity index (χ1n) is 9.47. The van der Waals surface area contributed by atoms with Crippen LogP contribution in [0.5, 0.6) is 5.75 Å². The van der Waals surface area contributed by atoms with Crippen molar-refractivity contribution >= 4 is 5.91 Å². The van der Waals surface area contributed by atoms with Gasteiger partial charge in [-0.05, 0) is 43.9 Å². The number of rotatable bonds is 6. The average Bonchev–Trinajstić information content (AvgIpc) is 2.60. The van der Waals surface area contributed by atoms with E-state index in [1.54, 1.807) is 6.92 Å². The van der Waals surface area contributed by atoms with Crippen LogP contribution in [0, 0.1) is 0 Å².